The lowest BCUT2D eigenvalue weighted by Gasteiger charge is -2.04. The van der Waals surface area contributed by atoms with Crippen LogP contribution in [0.2, 0.25) is 0 Å². The van der Waals surface area contributed by atoms with Crippen molar-refractivity contribution in [3.63, 3.8) is 0 Å². The molecule has 0 spiro atoms. The zero-order chi connectivity index (χ0) is 15.1. The zero-order valence-electron chi connectivity index (χ0n) is 12.3. The third kappa shape index (κ3) is 5.07. The quantitative estimate of drug-likeness (QED) is 0.516. The van der Waals surface area contributed by atoms with E-state index in [4.69, 9.17) is 11.5 Å². The van der Waals surface area contributed by atoms with E-state index in [1.54, 1.807) is 0 Å². The van der Waals surface area contributed by atoms with Gasteiger partial charge in [0.2, 0.25) is 5.96 Å². The van der Waals surface area contributed by atoms with Crippen molar-refractivity contribution in [3.8, 4) is 0 Å². The molecule has 2 rings (SSSR count). The Morgan fingerprint density at radius 3 is 1.82 bits per heavy atom. The number of hydrogen-bond acceptors (Lipinski definition) is 2. The van der Waals surface area contributed by atoms with E-state index in [2.05, 4.69) is 22.3 Å². The Morgan fingerprint density at radius 1 is 0.818 bits per heavy atom. The summed E-state index contributed by atoms with van der Waals surface area (Å²) in [6, 6.07) is 19.9. The average Bonchev–Trinajstić information content (AvgIpc) is 2.52. The van der Waals surface area contributed by atoms with Crippen LogP contribution >= 0.6 is 12.4 Å². The van der Waals surface area contributed by atoms with Crippen LogP contribution in [0.4, 0.5) is 0 Å². The molecule has 4 nitrogen and oxygen atoms in total. The summed E-state index contributed by atoms with van der Waals surface area (Å²) in [5, 5.41) is 7.90. The standard InChI is InChI=1S/C17H18N4.ClH/c1-13(14-8-4-2-5-9-14)12-16(20-21-17(18)19)15-10-6-3-7-11-15;/h2-12H,1H3,(H4,18,19,21);1H. The molecule has 0 unspecified atom stereocenters. The van der Waals surface area contributed by atoms with E-state index in [1.165, 1.54) is 0 Å². The van der Waals surface area contributed by atoms with E-state index in [1.807, 2.05) is 61.5 Å². The summed E-state index contributed by atoms with van der Waals surface area (Å²) in [6.07, 6.45) is 1.97. The zero-order valence-corrected chi connectivity index (χ0v) is 13.1. The number of hydrogen-bond donors (Lipinski definition) is 2. The van der Waals surface area contributed by atoms with Gasteiger partial charge in [-0.15, -0.1) is 22.6 Å². The SMILES string of the molecule is CC(=CC(=NN=C(N)N)c1ccccc1)c1ccccc1.Cl. The van der Waals surface area contributed by atoms with Gasteiger partial charge in [0.25, 0.3) is 0 Å². The molecule has 4 N–H and O–H groups in total. The Hall–Kier alpha value is -2.59. The Labute approximate surface area is 136 Å². The molecule has 0 aliphatic rings. The third-order valence-electron chi connectivity index (χ3n) is 2.93. The maximum absolute atomic E-state index is 5.36. The molecular formula is C17H19ClN4. The number of nitrogens with zero attached hydrogens (tertiary/aromatic N) is 2. The first-order valence-electron chi connectivity index (χ1n) is 6.62. The molecule has 0 fully saturated rings. The molecule has 0 aliphatic carbocycles. The van der Waals surface area contributed by atoms with Crippen LogP contribution in [-0.4, -0.2) is 11.7 Å². The largest absolute Gasteiger partial charge is 0.369 e. The molecule has 2 aromatic carbocycles. The molecule has 114 valence electrons. The van der Waals surface area contributed by atoms with E-state index in [0.717, 1.165) is 16.7 Å². The molecule has 0 heterocycles. The molecule has 0 radical (unpaired) electrons. The predicted molar refractivity (Wildman–Crippen MR) is 96.1 cm³/mol. The third-order valence-corrected chi connectivity index (χ3v) is 2.93. The van der Waals surface area contributed by atoms with Gasteiger partial charge in [0, 0.05) is 5.56 Å². The van der Waals surface area contributed by atoms with Gasteiger partial charge in [-0.3, -0.25) is 0 Å². The highest BCUT2D eigenvalue weighted by atomic mass is 35.5. The van der Waals surface area contributed by atoms with Gasteiger partial charge in [-0.2, -0.15) is 0 Å². The number of halogens is 1. The first-order chi connectivity index (χ1) is 10.2. The minimum Gasteiger partial charge on any atom is -0.369 e. The molecule has 0 saturated carbocycles. The molecule has 0 atom stereocenters. The lowest BCUT2D eigenvalue weighted by Crippen LogP contribution is -2.22. The van der Waals surface area contributed by atoms with Crippen LogP contribution in [-0.2, 0) is 0 Å². The first kappa shape index (κ1) is 17.5. The lowest BCUT2D eigenvalue weighted by molar-refractivity contribution is 1.20. The summed E-state index contributed by atoms with van der Waals surface area (Å²) >= 11 is 0. The Balaban J connectivity index is 0.00000242. The second-order valence-electron chi connectivity index (χ2n) is 4.57. The molecular weight excluding hydrogens is 296 g/mol. The fourth-order valence-corrected chi connectivity index (χ4v) is 1.88. The van der Waals surface area contributed by atoms with Crippen molar-refractivity contribution in [2.45, 2.75) is 6.92 Å². The number of rotatable bonds is 4. The normalized spacial score (nSPS) is 11.5. The van der Waals surface area contributed by atoms with Gasteiger partial charge < -0.3 is 11.5 Å². The van der Waals surface area contributed by atoms with Crippen LogP contribution in [0.25, 0.3) is 5.57 Å². The molecule has 0 bridgehead atoms. The monoisotopic (exact) mass is 314 g/mol. The van der Waals surface area contributed by atoms with Crippen LogP contribution < -0.4 is 11.5 Å². The van der Waals surface area contributed by atoms with Crippen molar-refractivity contribution in [1.82, 2.24) is 0 Å². The summed E-state index contributed by atoms with van der Waals surface area (Å²) < 4.78 is 0. The van der Waals surface area contributed by atoms with Crippen LogP contribution in [0.3, 0.4) is 0 Å². The highest BCUT2D eigenvalue weighted by molar-refractivity contribution is 6.12. The van der Waals surface area contributed by atoms with Crippen molar-refractivity contribution in [2.75, 3.05) is 0 Å². The smallest absolute Gasteiger partial charge is 0.211 e. The number of nitrogens with two attached hydrogens (primary N) is 2. The van der Waals surface area contributed by atoms with Gasteiger partial charge in [0.1, 0.15) is 0 Å². The van der Waals surface area contributed by atoms with Gasteiger partial charge in [0.05, 0.1) is 5.71 Å². The molecule has 0 saturated heterocycles. The average molecular weight is 315 g/mol. The minimum absolute atomic E-state index is 0. The summed E-state index contributed by atoms with van der Waals surface area (Å²) in [7, 11) is 0. The second-order valence-corrected chi connectivity index (χ2v) is 4.57. The van der Waals surface area contributed by atoms with Crippen molar-refractivity contribution >= 4 is 29.7 Å². The Kier molecular flexibility index (Phi) is 6.86. The fourth-order valence-electron chi connectivity index (χ4n) is 1.88. The highest BCUT2D eigenvalue weighted by Gasteiger charge is 2.02. The van der Waals surface area contributed by atoms with E-state index < -0.39 is 0 Å². The van der Waals surface area contributed by atoms with Crippen molar-refractivity contribution in [2.24, 2.45) is 21.7 Å². The highest BCUT2D eigenvalue weighted by Crippen LogP contribution is 2.15. The van der Waals surface area contributed by atoms with Crippen LogP contribution in [0.15, 0.2) is 76.9 Å². The van der Waals surface area contributed by atoms with E-state index in [-0.39, 0.29) is 18.4 Å². The van der Waals surface area contributed by atoms with Gasteiger partial charge >= 0.3 is 0 Å². The summed E-state index contributed by atoms with van der Waals surface area (Å²) in [5.41, 5.74) is 14.6. The number of guanidine groups is 1. The first-order valence-corrected chi connectivity index (χ1v) is 6.62. The van der Waals surface area contributed by atoms with Gasteiger partial charge in [-0.1, -0.05) is 60.7 Å². The van der Waals surface area contributed by atoms with E-state index in [0.29, 0.717) is 5.71 Å². The maximum Gasteiger partial charge on any atom is 0.211 e. The molecule has 22 heavy (non-hydrogen) atoms. The molecule has 0 aromatic heterocycles. The molecule has 0 amide bonds. The molecule has 0 aliphatic heterocycles. The molecule has 2 aromatic rings. The Bertz CT molecular complexity index is 672. The van der Waals surface area contributed by atoms with Crippen LogP contribution in [0.1, 0.15) is 18.1 Å². The van der Waals surface area contributed by atoms with E-state index in [9.17, 15) is 0 Å². The van der Waals surface area contributed by atoms with Crippen molar-refractivity contribution in [1.29, 1.82) is 0 Å². The lowest BCUT2D eigenvalue weighted by atomic mass is 10.0. The van der Waals surface area contributed by atoms with Crippen LogP contribution in [0.5, 0.6) is 0 Å². The number of allylic oxidation sites excluding steroid dienone is 2. The van der Waals surface area contributed by atoms with Gasteiger partial charge in [0.15, 0.2) is 0 Å². The topological polar surface area (TPSA) is 76.8 Å². The van der Waals surface area contributed by atoms with Crippen molar-refractivity contribution in [3.05, 3.63) is 77.9 Å². The van der Waals surface area contributed by atoms with Crippen LogP contribution in [0, 0.1) is 0 Å². The predicted octanol–water partition coefficient (Wildman–Crippen LogP) is 3.19. The van der Waals surface area contributed by atoms with Gasteiger partial charge in [-0.05, 0) is 24.1 Å². The summed E-state index contributed by atoms with van der Waals surface area (Å²) in [4.78, 5) is 0. The van der Waals surface area contributed by atoms with E-state index >= 15 is 0 Å². The van der Waals surface area contributed by atoms with Crippen molar-refractivity contribution < 1.29 is 0 Å². The minimum atomic E-state index is -0.0609. The maximum atomic E-state index is 5.36. The Morgan fingerprint density at radius 2 is 1.32 bits per heavy atom. The molecule has 5 heteroatoms. The summed E-state index contributed by atoms with van der Waals surface area (Å²) in [6.45, 7) is 2.03. The number of benzene rings is 2. The second kappa shape index (κ2) is 8.64. The fraction of sp³-hybridized carbons (Fsp3) is 0.0588. The summed E-state index contributed by atoms with van der Waals surface area (Å²) in [5.74, 6) is -0.0609. The van der Waals surface area contributed by atoms with Gasteiger partial charge in [-0.25, -0.2) is 0 Å².